The highest BCUT2D eigenvalue weighted by molar-refractivity contribution is 7.91. The predicted molar refractivity (Wildman–Crippen MR) is 91.6 cm³/mol. The summed E-state index contributed by atoms with van der Waals surface area (Å²) in [4.78, 5) is 12.9. The Hall–Kier alpha value is -2.55. The van der Waals surface area contributed by atoms with Gasteiger partial charge in [0.1, 0.15) is 11.6 Å². The van der Waals surface area contributed by atoms with E-state index in [1.807, 2.05) is 29.8 Å². The second-order valence-corrected chi connectivity index (χ2v) is 8.42. The molecule has 0 bridgehead atoms. The molecule has 0 saturated carbocycles. The summed E-state index contributed by atoms with van der Waals surface area (Å²) < 4.78 is 27.5. The van der Waals surface area contributed by atoms with E-state index in [1.165, 1.54) is 0 Å². The van der Waals surface area contributed by atoms with Gasteiger partial charge in [0, 0.05) is 30.4 Å². The lowest BCUT2D eigenvalue weighted by atomic mass is 10.2. The number of aryl methyl sites for hydroxylation is 1. The summed E-state index contributed by atoms with van der Waals surface area (Å²) in [5.74, 6) is 2.50. The maximum Gasteiger partial charge on any atom is 0.181 e. The molecule has 9 heteroatoms. The Morgan fingerprint density at radius 2 is 2.04 bits per heavy atom. The summed E-state index contributed by atoms with van der Waals surface area (Å²) in [5, 5.41) is 4.62. The van der Waals surface area contributed by atoms with E-state index in [4.69, 9.17) is 0 Å². The first-order valence-corrected chi connectivity index (χ1v) is 9.88. The Bertz CT molecular complexity index is 993. The summed E-state index contributed by atoms with van der Waals surface area (Å²) in [5.41, 5.74) is 0.859. The van der Waals surface area contributed by atoms with Crippen molar-refractivity contribution in [2.45, 2.75) is 25.9 Å². The van der Waals surface area contributed by atoms with E-state index in [0.29, 0.717) is 18.8 Å². The van der Waals surface area contributed by atoms with Gasteiger partial charge in [-0.05, 0) is 25.5 Å². The lowest BCUT2D eigenvalue weighted by molar-refractivity contribution is 0.469. The van der Waals surface area contributed by atoms with Crippen LogP contribution in [0.4, 0.5) is 0 Å². The second kappa shape index (κ2) is 6.07. The van der Waals surface area contributed by atoms with Gasteiger partial charge in [-0.3, -0.25) is 4.98 Å². The molecule has 0 unspecified atom stereocenters. The molecule has 1 atom stereocenters. The molecular weight excluding hydrogens is 340 g/mol. The molecule has 0 amide bonds. The zero-order chi connectivity index (χ0) is 17.4. The number of hydrogen-bond donors (Lipinski definition) is 0. The van der Waals surface area contributed by atoms with Crippen molar-refractivity contribution in [3.8, 4) is 11.4 Å². The van der Waals surface area contributed by atoms with Gasteiger partial charge in [0.05, 0.1) is 24.1 Å². The number of rotatable bonds is 4. The minimum absolute atomic E-state index is 0.113. The quantitative estimate of drug-likeness (QED) is 0.696. The number of hydrogen-bond acceptors (Lipinski definition) is 6. The molecule has 0 N–H and O–H groups in total. The number of nitrogens with zero attached hydrogens (tertiary/aromatic N) is 6. The summed E-state index contributed by atoms with van der Waals surface area (Å²) in [6, 6.07) is 3.51. The average Bonchev–Trinajstić information content (AvgIpc) is 3.28. The molecule has 25 heavy (non-hydrogen) atoms. The number of aromatic nitrogens is 6. The summed E-state index contributed by atoms with van der Waals surface area (Å²) in [7, 11) is -3.00. The zero-order valence-corrected chi connectivity index (χ0v) is 14.6. The molecule has 0 aromatic carbocycles. The van der Waals surface area contributed by atoms with Crippen molar-refractivity contribution in [2.24, 2.45) is 0 Å². The molecule has 0 spiro atoms. The molecule has 4 heterocycles. The summed E-state index contributed by atoms with van der Waals surface area (Å²) >= 11 is 0. The minimum Gasteiger partial charge on any atom is -0.328 e. The van der Waals surface area contributed by atoms with E-state index in [-0.39, 0.29) is 17.5 Å². The van der Waals surface area contributed by atoms with Crippen LogP contribution in [0, 0.1) is 6.92 Å². The topological polar surface area (TPSA) is 95.6 Å². The maximum atomic E-state index is 11.9. The lowest BCUT2D eigenvalue weighted by Gasteiger charge is -2.12. The first-order chi connectivity index (χ1) is 12.0. The highest BCUT2D eigenvalue weighted by Crippen LogP contribution is 2.26. The van der Waals surface area contributed by atoms with E-state index in [1.54, 1.807) is 23.3 Å². The largest absolute Gasteiger partial charge is 0.328 e. The van der Waals surface area contributed by atoms with Crippen LogP contribution >= 0.6 is 0 Å². The Kier molecular flexibility index (Phi) is 3.87. The number of imidazole rings is 1. The van der Waals surface area contributed by atoms with Crippen molar-refractivity contribution in [3.05, 3.63) is 48.6 Å². The van der Waals surface area contributed by atoms with E-state index < -0.39 is 9.84 Å². The van der Waals surface area contributed by atoms with Crippen molar-refractivity contribution in [2.75, 3.05) is 11.5 Å². The van der Waals surface area contributed by atoms with Crippen molar-refractivity contribution >= 4 is 9.84 Å². The van der Waals surface area contributed by atoms with Crippen LogP contribution in [0.3, 0.4) is 0 Å². The van der Waals surface area contributed by atoms with Crippen molar-refractivity contribution in [1.29, 1.82) is 0 Å². The Morgan fingerprint density at radius 1 is 1.24 bits per heavy atom. The zero-order valence-electron chi connectivity index (χ0n) is 13.8. The number of pyridine rings is 1. The minimum atomic E-state index is -3.00. The monoisotopic (exact) mass is 358 g/mol. The van der Waals surface area contributed by atoms with Crippen LogP contribution in [0.15, 0.2) is 36.9 Å². The first-order valence-electron chi connectivity index (χ1n) is 8.06. The van der Waals surface area contributed by atoms with Crippen molar-refractivity contribution < 1.29 is 8.42 Å². The molecule has 3 aromatic rings. The predicted octanol–water partition coefficient (Wildman–Crippen LogP) is 1.25. The van der Waals surface area contributed by atoms with Crippen LogP contribution in [0.25, 0.3) is 11.4 Å². The third-order valence-electron chi connectivity index (χ3n) is 4.43. The van der Waals surface area contributed by atoms with E-state index in [0.717, 1.165) is 17.2 Å². The van der Waals surface area contributed by atoms with Gasteiger partial charge < -0.3 is 4.57 Å². The maximum absolute atomic E-state index is 11.9. The highest BCUT2D eigenvalue weighted by atomic mass is 32.2. The molecular formula is C16H18N6O2S. The van der Waals surface area contributed by atoms with Crippen LogP contribution in [-0.2, 0) is 16.4 Å². The molecule has 1 aliphatic rings. The second-order valence-electron chi connectivity index (χ2n) is 6.19. The fraction of sp³-hybridized carbons (Fsp3) is 0.375. The third-order valence-corrected chi connectivity index (χ3v) is 6.18. The summed E-state index contributed by atoms with van der Waals surface area (Å²) in [6.07, 6.45) is 7.56. The Morgan fingerprint density at radius 3 is 2.68 bits per heavy atom. The molecule has 8 nitrogen and oxygen atoms in total. The highest BCUT2D eigenvalue weighted by Gasteiger charge is 2.32. The molecule has 4 rings (SSSR count). The third kappa shape index (κ3) is 3.19. The average molecular weight is 358 g/mol. The van der Waals surface area contributed by atoms with Crippen LogP contribution in [0.5, 0.6) is 0 Å². The fourth-order valence-corrected chi connectivity index (χ4v) is 4.76. The van der Waals surface area contributed by atoms with Gasteiger partial charge in [-0.25, -0.2) is 23.1 Å². The fourth-order valence-electron chi connectivity index (χ4n) is 3.07. The van der Waals surface area contributed by atoms with E-state index in [2.05, 4.69) is 20.1 Å². The van der Waals surface area contributed by atoms with Gasteiger partial charge >= 0.3 is 0 Å². The van der Waals surface area contributed by atoms with E-state index in [9.17, 15) is 8.42 Å². The molecule has 1 aliphatic heterocycles. The van der Waals surface area contributed by atoms with E-state index >= 15 is 0 Å². The lowest BCUT2D eigenvalue weighted by Crippen LogP contribution is -2.17. The van der Waals surface area contributed by atoms with Gasteiger partial charge in [-0.2, -0.15) is 5.10 Å². The summed E-state index contributed by atoms with van der Waals surface area (Å²) in [6.45, 7) is 2.42. The molecule has 1 fully saturated rings. The van der Waals surface area contributed by atoms with Crippen LogP contribution < -0.4 is 0 Å². The van der Waals surface area contributed by atoms with Gasteiger partial charge in [-0.1, -0.05) is 0 Å². The standard InChI is InChI=1S/C16H18N6O2S/c1-12-18-7-8-21(12)10-15-19-16(13-2-5-17-6-3-13)20-22(15)14-4-9-25(23,24)11-14/h2-3,5-8,14H,4,9-11H2,1H3/t14-/m0/s1. The molecule has 0 aliphatic carbocycles. The molecule has 0 radical (unpaired) electrons. The molecule has 1 saturated heterocycles. The Balaban J connectivity index is 1.75. The van der Waals surface area contributed by atoms with Gasteiger partial charge in [0.25, 0.3) is 0 Å². The van der Waals surface area contributed by atoms with Crippen LogP contribution in [0.1, 0.15) is 24.1 Å². The molecule has 130 valence electrons. The van der Waals surface area contributed by atoms with Crippen LogP contribution in [0.2, 0.25) is 0 Å². The van der Waals surface area contributed by atoms with Crippen LogP contribution in [-0.4, -0.2) is 49.2 Å². The first kappa shape index (κ1) is 15.9. The van der Waals surface area contributed by atoms with Gasteiger partial charge in [0.15, 0.2) is 15.7 Å². The smallest absolute Gasteiger partial charge is 0.181 e. The van der Waals surface area contributed by atoms with Gasteiger partial charge in [0.2, 0.25) is 0 Å². The Labute approximate surface area is 145 Å². The normalized spacial score (nSPS) is 19.3. The van der Waals surface area contributed by atoms with Crippen molar-refractivity contribution in [3.63, 3.8) is 0 Å². The van der Waals surface area contributed by atoms with Crippen molar-refractivity contribution in [1.82, 2.24) is 29.3 Å². The van der Waals surface area contributed by atoms with Gasteiger partial charge in [-0.15, -0.1) is 0 Å². The molecule has 3 aromatic heterocycles. The SMILES string of the molecule is Cc1nccn1Cc1nc(-c2ccncc2)nn1[C@H]1CCS(=O)(=O)C1. The number of sulfone groups is 1.